The van der Waals surface area contributed by atoms with E-state index in [-0.39, 0.29) is 12.7 Å². The highest BCUT2D eigenvalue weighted by Crippen LogP contribution is 2.32. The Kier molecular flexibility index (Phi) is 4.10. The average molecular weight is 348 g/mol. The van der Waals surface area contributed by atoms with Gasteiger partial charge in [-0.1, -0.05) is 40.2 Å². The lowest BCUT2D eigenvalue weighted by Crippen LogP contribution is -2.22. The number of nitrogens with one attached hydrogen (secondary N) is 1. The fourth-order valence-electron chi connectivity index (χ4n) is 2.07. The molecule has 2 aromatic carbocycles. The van der Waals surface area contributed by atoms with Crippen LogP contribution in [0.3, 0.4) is 0 Å². The molecule has 1 aliphatic rings. The fraction of sp³-hybridized carbons (Fsp3) is 0.188. The van der Waals surface area contributed by atoms with E-state index in [2.05, 4.69) is 21.2 Å². The predicted molar refractivity (Wildman–Crippen MR) is 82.8 cm³/mol. The van der Waals surface area contributed by atoms with Gasteiger partial charge in [-0.25, -0.2) is 0 Å². The Hall–Kier alpha value is -2.01. The SMILES string of the molecule is O=C(NCc1ccc(CBr)cc1)c1ccc2c(c1)OCO2. The second kappa shape index (κ2) is 6.18. The van der Waals surface area contributed by atoms with E-state index in [1.54, 1.807) is 18.2 Å². The number of rotatable bonds is 4. The van der Waals surface area contributed by atoms with Gasteiger partial charge in [0.2, 0.25) is 6.79 Å². The molecule has 1 amide bonds. The van der Waals surface area contributed by atoms with E-state index in [1.807, 2.05) is 24.3 Å². The topological polar surface area (TPSA) is 47.6 Å². The Labute approximate surface area is 131 Å². The number of carbonyl (C=O) groups excluding carboxylic acids is 1. The second-order valence-corrected chi connectivity index (χ2v) is 5.26. The van der Waals surface area contributed by atoms with Crippen LogP contribution >= 0.6 is 15.9 Å². The number of hydrogen-bond donors (Lipinski definition) is 1. The highest BCUT2D eigenvalue weighted by Gasteiger charge is 2.15. The fourth-order valence-corrected chi connectivity index (χ4v) is 2.44. The third-order valence-corrected chi connectivity index (χ3v) is 3.91. The van der Waals surface area contributed by atoms with Crippen molar-refractivity contribution in [3.63, 3.8) is 0 Å². The summed E-state index contributed by atoms with van der Waals surface area (Å²) in [6, 6.07) is 13.3. The lowest BCUT2D eigenvalue weighted by molar-refractivity contribution is 0.0950. The molecule has 0 aliphatic carbocycles. The molecule has 0 saturated carbocycles. The first-order valence-corrected chi connectivity index (χ1v) is 7.70. The molecule has 5 heteroatoms. The summed E-state index contributed by atoms with van der Waals surface area (Å²) in [6.07, 6.45) is 0. The third kappa shape index (κ3) is 3.19. The maximum atomic E-state index is 12.1. The molecule has 0 radical (unpaired) electrons. The summed E-state index contributed by atoms with van der Waals surface area (Å²) in [7, 11) is 0. The van der Waals surface area contributed by atoms with E-state index in [1.165, 1.54) is 5.56 Å². The van der Waals surface area contributed by atoms with Crippen molar-refractivity contribution in [2.24, 2.45) is 0 Å². The molecule has 4 nitrogen and oxygen atoms in total. The van der Waals surface area contributed by atoms with Crippen LogP contribution in [0.25, 0.3) is 0 Å². The summed E-state index contributed by atoms with van der Waals surface area (Å²) >= 11 is 3.41. The zero-order chi connectivity index (χ0) is 14.7. The Morgan fingerprint density at radius 2 is 1.76 bits per heavy atom. The van der Waals surface area contributed by atoms with E-state index < -0.39 is 0 Å². The number of benzene rings is 2. The molecule has 0 saturated heterocycles. The number of amides is 1. The van der Waals surface area contributed by atoms with Crippen molar-refractivity contribution in [1.29, 1.82) is 0 Å². The number of hydrogen-bond acceptors (Lipinski definition) is 3. The van der Waals surface area contributed by atoms with Crippen LogP contribution in [0.15, 0.2) is 42.5 Å². The second-order valence-electron chi connectivity index (χ2n) is 4.70. The van der Waals surface area contributed by atoms with Gasteiger partial charge in [0.05, 0.1) is 0 Å². The molecule has 1 heterocycles. The number of fused-ring (bicyclic) bond motifs is 1. The maximum absolute atomic E-state index is 12.1. The van der Waals surface area contributed by atoms with E-state index >= 15 is 0 Å². The molecule has 21 heavy (non-hydrogen) atoms. The van der Waals surface area contributed by atoms with Crippen molar-refractivity contribution in [1.82, 2.24) is 5.32 Å². The lowest BCUT2D eigenvalue weighted by atomic mass is 10.1. The number of carbonyl (C=O) groups is 1. The van der Waals surface area contributed by atoms with Crippen molar-refractivity contribution >= 4 is 21.8 Å². The molecule has 2 aromatic rings. The summed E-state index contributed by atoms with van der Waals surface area (Å²) in [4.78, 5) is 12.1. The van der Waals surface area contributed by atoms with Crippen molar-refractivity contribution in [2.75, 3.05) is 6.79 Å². The van der Waals surface area contributed by atoms with E-state index in [9.17, 15) is 4.79 Å². The van der Waals surface area contributed by atoms with Crippen LogP contribution < -0.4 is 14.8 Å². The molecule has 0 atom stereocenters. The van der Waals surface area contributed by atoms with Gasteiger partial charge >= 0.3 is 0 Å². The van der Waals surface area contributed by atoms with Gasteiger partial charge in [-0.05, 0) is 29.3 Å². The van der Waals surface area contributed by atoms with Crippen LogP contribution in [0.2, 0.25) is 0 Å². The van der Waals surface area contributed by atoms with Gasteiger partial charge in [-0.2, -0.15) is 0 Å². The Morgan fingerprint density at radius 3 is 2.52 bits per heavy atom. The molecule has 3 rings (SSSR count). The van der Waals surface area contributed by atoms with Crippen molar-refractivity contribution in [3.8, 4) is 11.5 Å². The van der Waals surface area contributed by atoms with Crippen molar-refractivity contribution in [3.05, 3.63) is 59.2 Å². The van der Waals surface area contributed by atoms with Gasteiger partial charge in [-0.15, -0.1) is 0 Å². The summed E-state index contributed by atoms with van der Waals surface area (Å²) in [5.74, 6) is 1.17. The third-order valence-electron chi connectivity index (χ3n) is 3.27. The normalized spacial score (nSPS) is 12.2. The molecular weight excluding hydrogens is 334 g/mol. The Morgan fingerprint density at radius 1 is 1.05 bits per heavy atom. The molecule has 0 fully saturated rings. The molecule has 1 aliphatic heterocycles. The quantitative estimate of drug-likeness (QED) is 0.863. The van der Waals surface area contributed by atoms with Gasteiger partial charge in [0.15, 0.2) is 11.5 Å². The minimum Gasteiger partial charge on any atom is -0.454 e. The molecular formula is C16H14BrNO3. The van der Waals surface area contributed by atoms with Gasteiger partial charge in [-0.3, -0.25) is 4.79 Å². The van der Waals surface area contributed by atoms with Gasteiger partial charge in [0, 0.05) is 17.4 Å². The van der Waals surface area contributed by atoms with Crippen LogP contribution in [0.4, 0.5) is 0 Å². The largest absolute Gasteiger partial charge is 0.454 e. The summed E-state index contributed by atoms with van der Waals surface area (Å²) in [6.45, 7) is 0.705. The van der Waals surface area contributed by atoms with Crippen LogP contribution in [0.5, 0.6) is 11.5 Å². The van der Waals surface area contributed by atoms with Crippen LogP contribution in [0.1, 0.15) is 21.5 Å². The smallest absolute Gasteiger partial charge is 0.251 e. The van der Waals surface area contributed by atoms with E-state index in [0.717, 1.165) is 10.9 Å². The Balaban J connectivity index is 1.63. The van der Waals surface area contributed by atoms with Crippen LogP contribution in [-0.2, 0) is 11.9 Å². The molecule has 0 spiro atoms. The highest BCUT2D eigenvalue weighted by molar-refractivity contribution is 9.08. The first kappa shape index (κ1) is 13.9. The molecule has 0 bridgehead atoms. The summed E-state index contributed by atoms with van der Waals surface area (Å²) < 4.78 is 10.5. The first-order chi connectivity index (χ1) is 10.3. The zero-order valence-corrected chi connectivity index (χ0v) is 12.9. The van der Waals surface area contributed by atoms with Crippen molar-refractivity contribution < 1.29 is 14.3 Å². The molecule has 1 N–H and O–H groups in total. The lowest BCUT2D eigenvalue weighted by Gasteiger charge is -2.07. The van der Waals surface area contributed by atoms with E-state index in [0.29, 0.717) is 23.6 Å². The molecule has 0 aromatic heterocycles. The monoisotopic (exact) mass is 347 g/mol. The Bertz CT molecular complexity index is 655. The van der Waals surface area contributed by atoms with Gasteiger partial charge in [0.25, 0.3) is 5.91 Å². The first-order valence-electron chi connectivity index (χ1n) is 6.58. The highest BCUT2D eigenvalue weighted by atomic mass is 79.9. The van der Waals surface area contributed by atoms with Gasteiger partial charge < -0.3 is 14.8 Å². The molecule has 0 unspecified atom stereocenters. The zero-order valence-electron chi connectivity index (χ0n) is 11.3. The van der Waals surface area contributed by atoms with E-state index in [4.69, 9.17) is 9.47 Å². The van der Waals surface area contributed by atoms with Gasteiger partial charge in [0.1, 0.15) is 0 Å². The number of alkyl halides is 1. The average Bonchev–Trinajstić information content (AvgIpc) is 3.00. The predicted octanol–water partition coefficient (Wildman–Crippen LogP) is 3.24. The van der Waals surface area contributed by atoms with Crippen LogP contribution in [0, 0.1) is 0 Å². The summed E-state index contributed by atoms with van der Waals surface area (Å²) in [5.41, 5.74) is 2.84. The number of ether oxygens (including phenoxy) is 2. The standard InChI is InChI=1S/C16H14BrNO3/c17-8-11-1-3-12(4-2-11)9-18-16(19)13-5-6-14-15(7-13)21-10-20-14/h1-7H,8-10H2,(H,18,19). The maximum Gasteiger partial charge on any atom is 0.251 e. The van der Waals surface area contributed by atoms with Crippen LogP contribution in [-0.4, -0.2) is 12.7 Å². The molecule has 108 valence electrons. The minimum atomic E-state index is -0.127. The number of halogens is 1. The minimum absolute atomic E-state index is 0.127. The van der Waals surface area contributed by atoms with Crippen molar-refractivity contribution in [2.45, 2.75) is 11.9 Å². The summed E-state index contributed by atoms with van der Waals surface area (Å²) in [5, 5.41) is 3.73.